The monoisotopic (exact) mass is 311 g/mol. The fraction of sp³-hybridized carbons (Fsp3) is 0.316. The van der Waals surface area contributed by atoms with E-state index in [-0.39, 0.29) is 18.0 Å². The van der Waals surface area contributed by atoms with Crippen molar-refractivity contribution in [2.75, 3.05) is 7.11 Å². The number of carbonyl (C=O) groups excluding carboxylic acids is 1. The average molecular weight is 311 g/mol. The molecule has 0 spiro atoms. The molecule has 4 heteroatoms. The quantitative estimate of drug-likeness (QED) is 0.863. The van der Waals surface area contributed by atoms with Gasteiger partial charge >= 0.3 is 0 Å². The Bertz CT molecular complexity index is 669. The van der Waals surface area contributed by atoms with E-state index < -0.39 is 6.10 Å². The minimum atomic E-state index is -0.954. The fourth-order valence-electron chi connectivity index (χ4n) is 3.25. The number of benzene rings is 2. The van der Waals surface area contributed by atoms with Gasteiger partial charge in [0.2, 0.25) is 0 Å². The van der Waals surface area contributed by atoms with Crippen molar-refractivity contribution in [3.05, 3.63) is 65.7 Å². The molecular weight excluding hydrogens is 290 g/mol. The van der Waals surface area contributed by atoms with Gasteiger partial charge in [-0.05, 0) is 29.7 Å². The predicted octanol–water partition coefficient (Wildman–Crippen LogP) is 3.09. The van der Waals surface area contributed by atoms with Gasteiger partial charge in [0.1, 0.15) is 5.75 Å². The van der Waals surface area contributed by atoms with E-state index >= 15 is 0 Å². The molecular formula is C19H21NO3. The van der Waals surface area contributed by atoms with Crippen LogP contribution in [0, 0.1) is 0 Å². The molecule has 120 valence electrons. The Balaban J connectivity index is 1.91. The highest BCUT2D eigenvalue weighted by atomic mass is 16.5. The average Bonchev–Trinajstić information content (AvgIpc) is 2.62. The highest BCUT2D eigenvalue weighted by molar-refractivity contribution is 5.89. The summed E-state index contributed by atoms with van der Waals surface area (Å²) in [7, 11) is 1.63. The maximum atomic E-state index is 12.3. The Kier molecular flexibility index (Phi) is 4.35. The number of hydrogen-bond donors (Lipinski definition) is 1. The van der Waals surface area contributed by atoms with Crippen LogP contribution in [-0.4, -0.2) is 29.1 Å². The summed E-state index contributed by atoms with van der Waals surface area (Å²) in [5, 5.41) is 10.2. The van der Waals surface area contributed by atoms with E-state index in [4.69, 9.17) is 4.74 Å². The van der Waals surface area contributed by atoms with Crippen molar-refractivity contribution in [2.24, 2.45) is 0 Å². The van der Waals surface area contributed by atoms with Gasteiger partial charge < -0.3 is 14.7 Å². The molecule has 1 aliphatic rings. The number of likely N-dealkylation sites (tertiary alicyclic amines) is 1. The molecule has 0 aromatic heterocycles. The zero-order valence-electron chi connectivity index (χ0n) is 13.3. The summed E-state index contributed by atoms with van der Waals surface area (Å²) in [6.07, 6.45) is -0.168. The number of carbonyl (C=O) groups is 1. The van der Waals surface area contributed by atoms with Crippen LogP contribution in [0.25, 0.3) is 0 Å². The first-order chi connectivity index (χ1) is 11.2. The van der Waals surface area contributed by atoms with Crippen LogP contribution in [0.4, 0.5) is 0 Å². The summed E-state index contributed by atoms with van der Waals surface area (Å²) in [6.45, 7) is 2.05. The maximum Gasteiger partial charge on any atom is 0.255 e. The van der Waals surface area contributed by atoms with Crippen molar-refractivity contribution in [2.45, 2.75) is 31.5 Å². The maximum absolute atomic E-state index is 12.3. The molecule has 1 heterocycles. The number of amides is 1. The van der Waals surface area contributed by atoms with Gasteiger partial charge in [0.05, 0.1) is 19.2 Å². The van der Waals surface area contributed by atoms with Gasteiger partial charge in [0, 0.05) is 0 Å². The van der Waals surface area contributed by atoms with E-state index in [1.807, 2.05) is 54.6 Å². The van der Waals surface area contributed by atoms with Crippen molar-refractivity contribution in [1.82, 2.24) is 4.90 Å². The Morgan fingerprint density at radius 3 is 2.35 bits per heavy atom. The number of β-lactam (4-membered cyclic amide) rings is 1. The molecule has 2 aromatic rings. The summed E-state index contributed by atoms with van der Waals surface area (Å²) < 4.78 is 5.19. The summed E-state index contributed by atoms with van der Waals surface area (Å²) in [5.41, 5.74) is 2.01. The van der Waals surface area contributed by atoms with Crippen molar-refractivity contribution in [1.29, 1.82) is 0 Å². The lowest BCUT2D eigenvalue weighted by atomic mass is 9.86. The largest absolute Gasteiger partial charge is 0.497 e. The molecule has 0 saturated carbocycles. The molecule has 3 atom stereocenters. The summed E-state index contributed by atoms with van der Waals surface area (Å²) in [5.74, 6) is 0.583. The van der Waals surface area contributed by atoms with Crippen LogP contribution in [0.1, 0.15) is 36.6 Å². The van der Waals surface area contributed by atoms with Gasteiger partial charge in [-0.2, -0.15) is 0 Å². The smallest absolute Gasteiger partial charge is 0.255 e. The lowest BCUT2D eigenvalue weighted by Gasteiger charge is -2.49. The van der Waals surface area contributed by atoms with Crippen LogP contribution in [0.5, 0.6) is 5.75 Å². The molecule has 1 N–H and O–H groups in total. The molecule has 1 aliphatic heterocycles. The van der Waals surface area contributed by atoms with E-state index in [1.165, 1.54) is 0 Å². The topological polar surface area (TPSA) is 49.8 Å². The van der Waals surface area contributed by atoms with Crippen LogP contribution in [0.2, 0.25) is 0 Å². The van der Waals surface area contributed by atoms with Crippen molar-refractivity contribution < 1.29 is 14.6 Å². The Labute approximate surface area is 136 Å². The third-order valence-corrected chi connectivity index (χ3v) is 4.47. The fourth-order valence-corrected chi connectivity index (χ4v) is 3.25. The molecule has 4 nitrogen and oxygen atoms in total. The number of hydrogen-bond acceptors (Lipinski definition) is 3. The lowest BCUT2D eigenvalue weighted by Crippen LogP contribution is -2.59. The summed E-state index contributed by atoms with van der Waals surface area (Å²) in [4.78, 5) is 14.1. The number of aliphatic hydroxyl groups is 1. The number of ether oxygens (including phenoxy) is 1. The van der Waals surface area contributed by atoms with E-state index in [2.05, 4.69) is 6.92 Å². The second-order valence-corrected chi connectivity index (χ2v) is 5.74. The Hall–Kier alpha value is -2.33. The highest BCUT2D eigenvalue weighted by Gasteiger charge is 2.49. The van der Waals surface area contributed by atoms with Gasteiger partial charge in [0.25, 0.3) is 5.91 Å². The normalized spacial score (nSPS) is 21.7. The minimum Gasteiger partial charge on any atom is -0.497 e. The van der Waals surface area contributed by atoms with E-state index in [0.717, 1.165) is 23.3 Å². The molecule has 1 amide bonds. The molecule has 3 unspecified atom stereocenters. The molecule has 3 rings (SSSR count). The van der Waals surface area contributed by atoms with Crippen LogP contribution in [0.15, 0.2) is 54.6 Å². The third kappa shape index (κ3) is 2.70. The highest BCUT2D eigenvalue weighted by Crippen LogP contribution is 2.43. The number of nitrogens with zero attached hydrogens (tertiary/aromatic N) is 1. The first kappa shape index (κ1) is 15.6. The van der Waals surface area contributed by atoms with Crippen LogP contribution in [0.3, 0.4) is 0 Å². The van der Waals surface area contributed by atoms with E-state index in [0.29, 0.717) is 0 Å². The second kappa shape index (κ2) is 6.42. The van der Waals surface area contributed by atoms with Crippen molar-refractivity contribution in [3.8, 4) is 5.75 Å². The first-order valence-electron chi connectivity index (χ1n) is 7.86. The SMILES string of the molecule is CCC(c1ccc(OC)cc1)N1C(=O)C(O)C1c1ccccc1. The lowest BCUT2D eigenvalue weighted by molar-refractivity contribution is -0.173. The van der Waals surface area contributed by atoms with Crippen LogP contribution >= 0.6 is 0 Å². The molecule has 0 bridgehead atoms. The van der Waals surface area contributed by atoms with Gasteiger partial charge in [0.15, 0.2) is 6.10 Å². The van der Waals surface area contributed by atoms with Crippen LogP contribution < -0.4 is 4.74 Å². The van der Waals surface area contributed by atoms with E-state index in [1.54, 1.807) is 12.0 Å². The van der Waals surface area contributed by atoms with Gasteiger partial charge in [-0.3, -0.25) is 4.79 Å². The molecule has 0 aliphatic carbocycles. The standard InChI is InChI=1S/C19H21NO3/c1-3-16(13-9-11-15(23-2)12-10-13)20-17(18(21)19(20)22)14-7-5-4-6-8-14/h4-12,16-18,21H,3H2,1-2H3. The predicted molar refractivity (Wildman–Crippen MR) is 88.1 cm³/mol. The molecule has 23 heavy (non-hydrogen) atoms. The number of methoxy groups -OCH3 is 1. The summed E-state index contributed by atoms with van der Waals surface area (Å²) in [6, 6.07) is 17.1. The zero-order valence-corrected chi connectivity index (χ0v) is 13.3. The van der Waals surface area contributed by atoms with Crippen LogP contribution in [-0.2, 0) is 4.79 Å². The number of aliphatic hydroxyl groups excluding tert-OH is 1. The number of rotatable bonds is 5. The van der Waals surface area contributed by atoms with Gasteiger partial charge in [-0.25, -0.2) is 0 Å². The summed E-state index contributed by atoms with van der Waals surface area (Å²) >= 11 is 0. The minimum absolute atomic E-state index is 0.0537. The van der Waals surface area contributed by atoms with E-state index in [9.17, 15) is 9.90 Å². The second-order valence-electron chi connectivity index (χ2n) is 5.74. The van der Waals surface area contributed by atoms with Crippen molar-refractivity contribution >= 4 is 5.91 Å². The molecule has 2 aromatic carbocycles. The zero-order chi connectivity index (χ0) is 16.4. The molecule has 1 saturated heterocycles. The Morgan fingerprint density at radius 1 is 1.13 bits per heavy atom. The van der Waals surface area contributed by atoms with Gasteiger partial charge in [-0.1, -0.05) is 49.4 Å². The first-order valence-corrected chi connectivity index (χ1v) is 7.86. The Morgan fingerprint density at radius 2 is 1.78 bits per heavy atom. The van der Waals surface area contributed by atoms with Gasteiger partial charge in [-0.15, -0.1) is 0 Å². The third-order valence-electron chi connectivity index (χ3n) is 4.47. The van der Waals surface area contributed by atoms with Crippen molar-refractivity contribution in [3.63, 3.8) is 0 Å². The molecule has 1 fully saturated rings. The molecule has 0 radical (unpaired) electrons.